The molecule has 2 aromatic rings. The molecule has 1 saturated heterocycles. The number of carbonyl (C=O) groups is 2. The number of rotatable bonds is 4. The third-order valence-corrected chi connectivity index (χ3v) is 4.33. The molecule has 134 valence electrons. The Morgan fingerprint density at radius 1 is 0.962 bits per heavy atom. The normalized spacial score (nSPS) is 14.2. The lowest BCUT2D eigenvalue weighted by Gasteiger charge is -2.36. The number of non-ortho nitro benzene ring substituents is 1. The molecule has 0 radical (unpaired) electrons. The van der Waals surface area contributed by atoms with Crippen molar-refractivity contribution in [3.63, 3.8) is 0 Å². The second kappa shape index (κ2) is 7.22. The molecule has 1 aliphatic heterocycles. The van der Waals surface area contributed by atoms with Crippen LogP contribution in [0.1, 0.15) is 20.7 Å². The molecule has 0 saturated carbocycles. The van der Waals surface area contributed by atoms with Gasteiger partial charge in [-0.25, -0.2) is 4.79 Å². The number of nitrogens with zero attached hydrogens (tertiary/aromatic N) is 3. The van der Waals surface area contributed by atoms with Crippen molar-refractivity contribution in [2.75, 3.05) is 31.1 Å². The van der Waals surface area contributed by atoms with Crippen molar-refractivity contribution < 1.29 is 19.6 Å². The van der Waals surface area contributed by atoms with E-state index in [2.05, 4.69) is 0 Å². The minimum Gasteiger partial charge on any atom is -0.478 e. The number of piperazine rings is 1. The van der Waals surface area contributed by atoms with Crippen LogP contribution >= 0.6 is 0 Å². The first-order valence-corrected chi connectivity index (χ1v) is 8.08. The molecule has 8 nitrogen and oxygen atoms in total. The van der Waals surface area contributed by atoms with E-state index in [0.717, 1.165) is 5.69 Å². The van der Waals surface area contributed by atoms with Crippen LogP contribution in [-0.4, -0.2) is 53.0 Å². The molecule has 1 amide bonds. The van der Waals surface area contributed by atoms with Crippen LogP contribution < -0.4 is 4.90 Å². The number of nitro benzene ring substituents is 1. The van der Waals surface area contributed by atoms with Gasteiger partial charge in [-0.05, 0) is 24.3 Å². The molecule has 1 fully saturated rings. The van der Waals surface area contributed by atoms with Crippen LogP contribution in [0.4, 0.5) is 11.4 Å². The van der Waals surface area contributed by atoms with E-state index in [1.807, 2.05) is 11.0 Å². The van der Waals surface area contributed by atoms with Gasteiger partial charge in [-0.1, -0.05) is 12.1 Å². The number of hydrogen-bond donors (Lipinski definition) is 1. The van der Waals surface area contributed by atoms with E-state index >= 15 is 0 Å². The SMILES string of the molecule is O=C(O)c1cccc(N2CCN(C(=O)c3cccc([N+](=O)[O-])c3)CC2)c1. The fraction of sp³-hybridized carbons (Fsp3) is 0.222. The van der Waals surface area contributed by atoms with Gasteiger partial charge in [0, 0.05) is 49.6 Å². The second-order valence-electron chi connectivity index (χ2n) is 5.94. The highest BCUT2D eigenvalue weighted by Crippen LogP contribution is 2.20. The molecule has 1 heterocycles. The molecular weight excluding hydrogens is 338 g/mol. The number of amides is 1. The van der Waals surface area contributed by atoms with Crippen LogP contribution in [0, 0.1) is 10.1 Å². The number of carbonyl (C=O) groups excluding carboxylic acids is 1. The fourth-order valence-corrected chi connectivity index (χ4v) is 2.94. The van der Waals surface area contributed by atoms with Gasteiger partial charge >= 0.3 is 5.97 Å². The minimum atomic E-state index is -0.980. The second-order valence-corrected chi connectivity index (χ2v) is 5.94. The summed E-state index contributed by atoms with van der Waals surface area (Å²) in [5.41, 5.74) is 1.20. The number of hydrogen-bond acceptors (Lipinski definition) is 5. The Morgan fingerprint density at radius 2 is 1.62 bits per heavy atom. The largest absolute Gasteiger partial charge is 0.478 e. The van der Waals surface area contributed by atoms with Gasteiger partial charge in [0.15, 0.2) is 0 Å². The first-order chi connectivity index (χ1) is 12.5. The van der Waals surface area contributed by atoms with E-state index in [1.165, 1.54) is 24.3 Å². The zero-order valence-electron chi connectivity index (χ0n) is 13.9. The number of anilines is 1. The van der Waals surface area contributed by atoms with Gasteiger partial charge in [0.05, 0.1) is 10.5 Å². The summed E-state index contributed by atoms with van der Waals surface area (Å²) in [6.07, 6.45) is 0. The highest BCUT2D eigenvalue weighted by atomic mass is 16.6. The Kier molecular flexibility index (Phi) is 4.83. The maximum atomic E-state index is 12.6. The summed E-state index contributed by atoms with van der Waals surface area (Å²) in [5.74, 6) is -1.22. The molecule has 0 aliphatic carbocycles. The van der Waals surface area contributed by atoms with Crippen LogP contribution in [0.3, 0.4) is 0 Å². The van der Waals surface area contributed by atoms with Crippen molar-refractivity contribution in [3.05, 3.63) is 69.8 Å². The minimum absolute atomic E-state index is 0.111. The summed E-state index contributed by atoms with van der Waals surface area (Å²) < 4.78 is 0. The molecule has 0 atom stereocenters. The molecule has 8 heteroatoms. The Morgan fingerprint density at radius 3 is 2.27 bits per heavy atom. The van der Waals surface area contributed by atoms with Crippen LogP contribution in [0.15, 0.2) is 48.5 Å². The number of nitro groups is 1. The topological polar surface area (TPSA) is 104 Å². The van der Waals surface area contributed by atoms with E-state index in [-0.39, 0.29) is 17.2 Å². The average Bonchev–Trinajstić information content (AvgIpc) is 2.67. The van der Waals surface area contributed by atoms with E-state index in [1.54, 1.807) is 23.1 Å². The van der Waals surface area contributed by atoms with E-state index in [9.17, 15) is 19.7 Å². The van der Waals surface area contributed by atoms with E-state index < -0.39 is 10.9 Å². The molecule has 0 bridgehead atoms. The molecular formula is C18H17N3O5. The Hall–Kier alpha value is -3.42. The van der Waals surface area contributed by atoms with Crippen molar-refractivity contribution in [3.8, 4) is 0 Å². The molecule has 1 aliphatic rings. The van der Waals surface area contributed by atoms with Crippen molar-refractivity contribution in [1.29, 1.82) is 0 Å². The van der Waals surface area contributed by atoms with Crippen molar-refractivity contribution in [1.82, 2.24) is 4.90 Å². The summed E-state index contributed by atoms with van der Waals surface area (Å²) in [5, 5.41) is 20.0. The molecule has 2 aromatic carbocycles. The zero-order valence-corrected chi connectivity index (χ0v) is 13.9. The standard InChI is InChI=1S/C18H17N3O5/c22-17(13-3-1-6-16(11-13)21(25)26)20-9-7-19(8-10-20)15-5-2-4-14(12-15)18(23)24/h1-6,11-12H,7-10H2,(H,23,24). The third kappa shape index (κ3) is 3.64. The summed E-state index contributed by atoms with van der Waals surface area (Å²) in [7, 11) is 0. The lowest BCUT2D eigenvalue weighted by Crippen LogP contribution is -2.48. The lowest BCUT2D eigenvalue weighted by atomic mass is 10.1. The van der Waals surface area contributed by atoms with Gasteiger partial charge in [0.1, 0.15) is 0 Å². The first kappa shape index (κ1) is 17.4. The van der Waals surface area contributed by atoms with Crippen LogP contribution in [0.2, 0.25) is 0 Å². The summed E-state index contributed by atoms with van der Waals surface area (Å²) in [4.78, 5) is 37.7. The number of carboxylic acids is 1. The molecule has 0 spiro atoms. The van der Waals surface area contributed by atoms with Crippen LogP contribution in [0.25, 0.3) is 0 Å². The lowest BCUT2D eigenvalue weighted by molar-refractivity contribution is -0.384. The molecule has 0 aromatic heterocycles. The Labute approximate surface area is 149 Å². The Balaban J connectivity index is 1.67. The molecule has 26 heavy (non-hydrogen) atoms. The van der Waals surface area contributed by atoms with Crippen molar-refractivity contribution in [2.24, 2.45) is 0 Å². The van der Waals surface area contributed by atoms with Crippen molar-refractivity contribution >= 4 is 23.3 Å². The monoisotopic (exact) mass is 355 g/mol. The average molecular weight is 355 g/mol. The number of carboxylic acid groups (broad SMARTS) is 1. The summed E-state index contributed by atoms with van der Waals surface area (Å²) in [6, 6.07) is 12.4. The van der Waals surface area contributed by atoms with E-state index in [4.69, 9.17) is 5.11 Å². The first-order valence-electron chi connectivity index (χ1n) is 8.08. The molecule has 1 N–H and O–H groups in total. The number of benzene rings is 2. The fourth-order valence-electron chi connectivity index (χ4n) is 2.94. The highest BCUT2D eigenvalue weighted by Gasteiger charge is 2.23. The zero-order chi connectivity index (χ0) is 18.7. The van der Waals surface area contributed by atoms with Gasteiger partial charge in [-0.3, -0.25) is 14.9 Å². The van der Waals surface area contributed by atoms with Crippen LogP contribution in [0.5, 0.6) is 0 Å². The van der Waals surface area contributed by atoms with Gasteiger partial charge in [0.25, 0.3) is 11.6 Å². The van der Waals surface area contributed by atoms with Crippen LogP contribution in [-0.2, 0) is 0 Å². The molecule has 0 unspecified atom stereocenters. The quantitative estimate of drug-likeness (QED) is 0.666. The number of aromatic carboxylic acids is 1. The third-order valence-electron chi connectivity index (χ3n) is 4.33. The maximum Gasteiger partial charge on any atom is 0.335 e. The van der Waals surface area contributed by atoms with Gasteiger partial charge in [-0.15, -0.1) is 0 Å². The summed E-state index contributed by atoms with van der Waals surface area (Å²) >= 11 is 0. The highest BCUT2D eigenvalue weighted by molar-refractivity contribution is 5.95. The van der Waals surface area contributed by atoms with Gasteiger partial charge in [-0.2, -0.15) is 0 Å². The smallest absolute Gasteiger partial charge is 0.335 e. The predicted molar refractivity (Wildman–Crippen MR) is 94.6 cm³/mol. The molecule has 3 rings (SSSR count). The predicted octanol–water partition coefficient (Wildman–Crippen LogP) is 2.26. The Bertz CT molecular complexity index is 859. The van der Waals surface area contributed by atoms with Crippen molar-refractivity contribution in [2.45, 2.75) is 0 Å². The summed E-state index contributed by atoms with van der Waals surface area (Å²) in [6.45, 7) is 2.03. The van der Waals surface area contributed by atoms with Gasteiger partial charge < -0.3 is 14.9 Å². The van der Waals surface area contributed by atoms with Gasteiger partial charge in [0.2, 0.25) is 0 Å². The maximum absolute atomic E-state index is 12.6. The van der Waals surface area contributed by atoms with E-state index in [0.29, 0.717) is 31.7 Å².